The van der Waals surface area contributed by atoms with E-state index in [2.05, 4.69) is 45.8 Å². The number of hydrogen-bond donors (Lipinski definition) is 1. The van der Waals surface area contributed by atoms with Gasteiger partial charge in [0.1, 0.15) is 24.0 Å². The van der Waals surface area contributed by atoms with Gasteiger partial charge in [-0.05, 0) is 75.1 Å². The predicted octanol–water partition coefficient (Wildman–Crippen LogP) is 7.53. The summed E-state index contributed by atoms with van der Waals surface area (Å²) in [5.74, 6) is 0.0452. The quantitative estimate of drug-likeness (QED) is 0.240. The third-order valence-electron chi connectivity index (χ3n) is 10.2. The summed E-state index contributed by atoms with van der Waals surface area (Å²) < 4.78 is 36.0. The number of nitrogens with one attached hydrogen (secondary N) is 1. The number of rotatable bonds is 11. The topological polar surface area (TPSA) is 72.3 Å². The van der Waals surface area contributed by atoms with Gasteiger partial charge in [0, 0.05) is 49.3 Å². The molecule has 1 aromatic heterocycles. The van der Waals surface area contributed by atoms with Gasteiger partial charge in [-0.3, -0.25) is 9.69 Å². The summed E-state index contributed by atoms with van der Waals surface area (Å²) in [6, 6.07) is 19.2. The van der Waals surface area contributed by atoms with Crippen molar-refractivity contribution in [2.24, 2.45) is 5.92 Å². The Balaban J connectivity index is 1.13. The average Bonchev–Trinajstić information content (AvgIpc) is 3.53. The molecule has 1 amide bonds. The van der Waals surface area contributed by atoms with Gasteiger partial charge in [-0.2, -0.15) is 0 Å². The highest BCUT2D eigenvalue weighted by Crippen LogP contribution is 2.43. The highest BCUT2D eigenvalue weighted by Gasteiger charge is 2.42. The molecule has 9 heteroatoms. The third-order valence-corrected chi connectivity index (χ3v) is 10.2. The highest BCUT2D eigenvalue weighted by atomic mass is 19.3. The summed E-state index contributed by atoms with van der Waals surface area (Å²) in [7, 11) is 0. The summed E-state index contributed by atoms with van der Waals surface area (Å²) in [5.41, 5.74) is 2.11. The van der Waals surface area contributed by atoms with Gasteiger partial charge in [-0.25, -0.2) is 8.78 Å². The van der Waals surface area contributed by atoms with E-state index in [0.29, 0.717) is 30.7 Å². The number of benzene rings is 2. The van der Waals surface area contributed by atoms with Crippen molar-refractivity contribution in [2.75, 3.05) is 6.54 Å². The SMILES string of the molecule is Cc1nnc(C(C)C)n1C1C[C@@H]2CC[C@@H](C1)N2CC[C@H](NC(=O)C1CCC(F)(F)CC1)c1ccc(OCc2ccccc2)cc1. The molecule has 2 bridgehead atoms. The Hall–Kier alpha value is -3.33. The number of carbonyl (C=O) groups is 1. The minimum Gasteiger partial charge on any atom is -0.489 e. The Labute approximate surface area is 265 Å². The molecule has 3 fully saturated rings. The Kier molecular flexibility index (Phi) is 9.54. The van der Waals surface area contributed by atoms with Crippen LogP contribution >= 0.6 is 0 Å². The van der Waals surface area contributed by atoms with Gasteiger partial charge in [0.05, 0.1) is 6.04 Å². The lowest BCUT2D eigenvalue weighted by Gasteiger charge is -2.40. The number of fused-ring (bicyclic) bond motifs is 2. The highest BCUT2D eigenvalue weighted by molar-refractivity contribution is 5.79. The van der Waals surface area contributed by atoms with Gasteiger partial charge in [-0.1, -0.05) is 56.3 Å². The molecule has 3 atom stereocenters. The normalized spacial score (nSPS) is 24.1. The smallest absolute Gasteiger partial charge is 0.248 e. The Morgan fingerprint density at radius 3 is 2.27 bits per heavy atom. The number of hydrogen-bond acceptors (Lipinski definition) is 5. The van der Waals surface area contributed by atoms with E-state index in [1.807, 2.05) is 54.6 Å². The average molecular weight is 620 g/mol. The zero-order valence-electron chi connectivity index (χ0n) is 26.8. The summed E-state index contributed by atoms with van der Waals surface area (Å²) in [4.78, 5) is 16.1. The standard InChI is InChI=1S/C36H47F2N5O2/c1-24(2)34-41-40-25(3)43(34)31-21-29-11-12-30(22-31)42(29)20-17-33(39-35(44)28-15-18-36(37,38)19-16-28)27-9-13-32(14-10-27)45-23-26-7-5-4-6-8-26/h4-10,13-14,24,28-31,33H,11-12,15-23H2,1-3H3,(H,39,44)/t29-,30-,33-/m0/s1. The van der Waals surface area contributed by atoms with Crippen LogP contribution in [0, 0.1) is 12.8 Å². The Morgan fingerprint density at radius 2 is 1.62 bits per heavy atom. The van der Waals surface area contributed by atoms with Crippen LogP contribution in [-0.4, -0.2) is 50.1 Å². The first-order chi connectivity index (χ1) is 21.7. The molecule has 0 radical (unpaired) electrons. The molecule has 6 rings (SSSR count). The molecular weight excluding hydrogens is 572 g/mol. The number of piperidine rings is 1. The van der Waals surface area contributed by atoms with E-state index in [9.17, 15) is 13.6 Å². The largest absolute Gasteiger partial charge is 0.489 e. The maximum absolute atomic E-state index is 13.8. The Bertz CT molecular complexity index is 1400. The number of halogens is 2. The van der Waals surface area contributed by atoms with Crippen LogP contribution in [0.1, 0.15) is 112 Å². The summed E-state index contributed by atoms with van der Waals surface area (Å²) in [6.45, 7) is 7.78. The first kappa shape index (κ1) is 31.6. The van der Waals surface area contributed by atoms with Crippen molar-refractivity contribution in [3.8, 4) is 5.75 Å². The van der Waals surface area contributed by atoms with Crippen molar-refractivity contribution in [3.63, 3.8) is 0 Å². The van der Waals surface area contributed by atoms with Crippen molar-refractivity contribution in [3.05, 3.63) is 77.4 Å². The van der Waals surface area contributed by atoms with Crippen LogP contribution in [0.25, 0.3) is 0 Å². The first-order valence-corrected chi connectivity index (χ1v) is 16.8. The van der Waals surface area contributed by atoms with Crippen LogP contribution in [0.2, 0.25) is 0 Å². The van der Waals surface area contributed by atoms with Crippen molar-refractivity contribution in [2.45, 2.75) is 121 Å². The number of amides is 1. The molecular formula is C36H47F2N5O2. The minimum absolute atomic E-state index is 0.106. The van der Waals surface area contributed by atoms with E-state index in [-0.39, 0.29) is 43.6 Å². The minimum atomic E-state index is -2.65. The molecule has 0 unspecified atom stereocenters. The number of ether oxygens (including phenoxy) is 1. The molecule has 1 saturated carbocycles. The second-order valence-corrected chi connectivity index (χ2v) is 13.7. The second-order valence-electron chi connectivity index (χ2n) is 13.7. The van der Waals surface area contributed by atoms with E-state index in [4.69, 9.17) is 4.74 Å². The predicted molar refractivity (Wildman–Crippen MR) is 170 cm³/mol. The molecule has 3 aromatic rings. The van der Waals surface area contributed by atoms with E-state index in [1.54, 1.807) is 0 Å². The molecule has 3 heterocycles. The lowest BCUT2D eigenvalue weighted by atomic mass is 9.86. The van der Waals surface area contributed by atoms with Gasteiger partial charge in [0.2, 0.25) is 11.8 Å². The van der Waals surface area contributed by atoms with Gasteiger partial charge in [0.25, 0.3) is 0 Å². The van der Waals surface area contributed by atoms with Crippen LogP contribution in [-0.2, 0) is 11.4 Å². The lowest BCUT2D eigenvalue weighted by Crippen LogP contribution is -2.45. The van der Waals surface area contributed by atoms with Gasteiger partial charge in [-0.15, -0.1) is 10.2 Å². The monoisotopic (exact) mass is 619 g/mol. The molecule has 7 nitrogen and oxygen atoms in total. The second kappa shape index (κ2) is 13.6. The van der Waals surface area contributed by atoms with E-state index in [1.165, 1.54) is 12.8 Å². The zero-order valence-corrected chi connectivity index (χ0v) is 26.8. The summed E-state index contributed by atoms with van der Waals surface area (Å²) in [6.07, 6.45) is 5.32. The number of aromatic nitrogens is 3. The fourth-order valence-corrected chi connectivity index (χ4v) is 7.78. The first-order valence-electron chi connectivity index (χ1n) is 16.8. The molecule has 45 heavy (non-hydrogen) atoms. The fraction of sp³-hybridized carbons (Fsp3) is 0.583. The Morgan fingerprint density at radius 1 is 0.956 bits per heavy atom. The van der Waals surface area contributed by atoms with Crippen molar-refractivity contribution in [1.29, 1.82) is 0 Å². The number of carbonyl (C=O) groups excluding carboxylic acids is 1. The number of alkyl halides is 2. The number of aryl methyl sites for hydroxylation is 1. The summed E-state index contributed by atoms with van der Waals surface area (Å²) in [5, 5.41) is 12.2. The van der Waals surface area contributed by atoms with Crippen molar-refractivity contribution >= 4 is 5.91 Å². The lowest BCUT2D eigenvalue weighted by molar-refractivity contribution is -0.130. The van der Waals surface area contributed by atoms with Crippen LogP contribution in [0.4, 0.5) is 8.78 Å². The van der Waals surface area contributed by atoms with Crippen molar-refractivity contribution in [1.82, 2.24) is 25.0 Å². The van der Waals surface area contributed by atoms with Crippen LogP contribution < -0.4 is 10.1 Å². The van der Waals surface area contributed by atoms with E-state index in [0.717, 1.165) is 54.3 Å². The zero-order chi connectivity index (χ0) is 31.6. The van der Waals surface area contributed by atoms with Crippen LogP contribution in [0.3, 0.4) is 0 Å². The molecule has 3 aliphatic rings. The van der Waals surface area contributed by atoms with Gasteiger partial charge >= 0.3 is 0 Å². The molecule has 242 valence electrons. The van der Waals surface area contributed by atoms with E-state index < -0.39 is 5.92 Å². The molecule has 2 saturated heterocycles. The molecule has 2 aliphatic heterocycles. The molecule has 1 aliphatic carbocycles. The molecule has 2 aromatic carbocycles. The number of nitrogens with zero attached hydrogens (tertiary/aromatic N) is 4. The van der Waals surface area contributed by atoms with Crippen LogP contribution in [0.15, 0.2) is 54.6 Å². The van der Waals surface area contributed by atoms with Gasteiger partial charge in [0.15, 0.2) is 0 Å². The van der Waals surface area contributed by atoms with E-state index >= 15 is 0 Å². The summed E-state index contributed by atoms with van der Waals surface area (Å²) >= 11 is 0. The molecule has 0 spiro atoms. The van der Waals surface area contributed by atoms with Crippen molar-refractivity contribution < 1.29 is 18.3 Å². The van der Waals surface area contributed by atoms with Gasteiger partial charge < -0.3 is 14.6 Å². The molecule has 1 N–H and O–H groups in total. The maximum Gasteiger partial charge on any atom is 0.248 e. The third kappa shape index (κ3) is 7.40. The fourth-order valence-electron chi connectivity index (χ4n) is 7.78. The van der Waals surface area contributed by atoms with Crippen LogP contribution in [0.5, 0.6) is 5.75 Å². The maximum atomic E-state index is 13.8.